The summed E-state index contributed by atoms with van der Waals surface area (Å²) in [6.07, 6.45) is 0. The second-order valence-electron chi connectivity index (χ2n) is 6.53. The number of aryl methyl sites for hydroxylation is 2. The van der Waals surface area contributed by atoms with Gasteiger partial charge in [0.1, 0.15) is 11.8 Å². The van der Waals surface area contributed by atoms with Crippen LogP contribution in [0.15, 0.2) is 53.1 Å². The van der Waals surface area contributed by atoms with Crippen LogP contribution in [0.2, 0.25) is 0 Å². The smallest absolute Gasteiger partial charge is 0.296 e. The van der Waals surface area contributed by atoms with Crippen molar-refractivity contribution in [3.05, 3.63) is 74.1 Å². The van der Waals surface area contributed by atoms with E-state index in [1.54, 1.807) is 29.6 Å². The monoisotopic (exact) mass is 426 g/mol. The highest BCUT2D eigenvalue weighted by Crippen LogP contribution is 2.46. The van der Waals surface area contributed by atoms with E-state index in [2.05, 4.69) is 4.98 Å². The number of Topliss-reactive ketones (excluding diaryl/α,β-unsaturated/α-hetero) is 1. The predicted molar refractivity (Wildman–Crippen MR) is 113 cm³/mol. The number of hydrogen-bond donors (Lipinski definition) is 1. The second kappa shape index (κ2) is 7.46. The summed E-state index contributed by atoms with van der Waals surface area (Å²) < 4.78 is 5.49. The van der Waals surface area contributed by atoms with Crippen molar-refractivity contribution in [2.75, 3.05) is 12.0 Å². The van der Waals surface area contributed by atoms with Crippen molar-refractivity contribution >= 4 is 39.5 Å². The number of carbonyl (C=O) groups excluding carboxylic acids is 2. The molecule has 0 unspecified atom stereocenters. The largest absolute Gasteiger partial charge is 0.503 e. The zero-order chi connectivity index (χ0) is 20.7. The van der Waals surface area contributed by atoms with Gasteiger partial charge in [-0.3, -0.25) is 14.5 Å². The number of thiophene rings is 1. The van der Waals surface area contributed by atoms with Gasteiger partial charge in [-0.2, -0.15) is 0 Å². The van der Waals surface area contributed by atoms with Gasteiger partial charge in [0.15, 0.2) is 10.9 Å². The number of para-hydroxylation sites is 1. The third-order valence-electron chi connectivity index (χ3n) is 4.85. The first-order valence-electron chi connectivity index (χ1n) is 8.85. The molecule has 3 aromatic rings. The van der Waals surface area contributed by atoms with Crippen molar-refractivity contribution in [1.82, 2.24) is 4.98 Å². The molecule has 4 rings (SSSR count). The topological polar surface area (TPSA) is 79.7 Å². The lowest BCUT2D eigenvalue weighted by atomic mass is 9.95. The Morgan fingerprint density at radius 3 is 2.59 bits per heavy atom. The van der Waals surface area contributed by atoms with Crippen LogP contribution in [0, 0.1) is 13.8 Å². The quantitative estimate of drug-likeness (QED) is 0.603. The zero-order valence-electron chi connectivity index (χ0n) is 16.0. The van der Waals surface area contributed by atoms with Gasteiger partial charge >= 0.3 is 0 Å². The van der Waals surface area contributed by atoms with E-state index in [1.165, 1.54) is 34.7 Å². The summed E-state index contributed by atoms with van der Waals surface area (Å²) in [4.78, 5) is 33.6. The van der Waals surface area contributed by atoms with Gasteiger partial charge in [0, 0.05) is 10.4 Å². The van der Waals surface area contributed by atoms with Gasteiger partial charge in [-0.15, -0.1) is 22.7 Å². The normalized spacial score (nSPS) is 16.6. The molecule has 3 heterocycles. The van der Waals surface area contributed by atoms with E-state index in [4.69, 9.17) is 4.74 Å². The summed E-state index contributed by atoms with van der Waals surface area (Å²) in [5.41, 5.74) is 1.44. The number of rotatable bonds is 5. The minimum atomic E-state index is -0.835. The average molecular weight is 427 g/mol. The molecule has 0 saturated carbocycles. The lowest BCUT2D eigenvalue weighted by Gasteiger charge is -2.25. The van der Waals surface area contributed by atoms with E-state index in [0.29, 0.717) is 21.3 Å². The van der Waals surface area contributed by atoms with Crippen LogP contribution < -0.4 is 9.64 Å². The Labute approximate surface area is 175 Å². The number of aliphatic hydroxyl groups excluding tert-OH is 1. The number of amides is 1. The molecule has 0 spiro atoms. The summed E-state index contributed by atoms with van der Waals surface area (Å²) in [5.74, 6) is -1.06. The Balaban J connectivity index is 1.93. The maximum Gasteiger partial charge on any atom is 0.296 e. The van der Waals surface area contributed by atoms with Crippen LogP contribution in [-0.4, -0.2) is 28.9 Å². The molecule has 0 bridgehead atoms. The Bertz CT molecular complexity index is 1110. The van der Waals surface area contributed by atoms with E-state index < -0.39 is 17.7 Å². The molecule has 1 aromatic carbocycles. The molecule has 2 aromatic heterocycles. The van der Waals surface area contributed by atoms with Gasteiger partial charge in [-0.05, 0) is 31.4 Å². The first kappa shape index (κ1) is 19.4. The molecule has 8 heteroatoms. The van der Waals surface area contributed by atoms with Crippen molar-refractivity contribution in [3.8, 4) is 5.75 Å². The summed E-state index contributed by atoms with van der Waals surface area (Å²) >= 11 is 2.61. The second-order valence-corrected chi connectivity index (χ2v) is 8.66. The molecule has 29 heavy (non-hydrogen) atoms. The van der Waals surface area contributed by atoms with E-state index in [9.17, 15) is 14.7 Å². The Morgan fingerprint density at radius 2 is 1.97 bits per heavy atom. The molecule has 1 aliphatic rings. The third kappa shape index (κ3) is 3.14. The lowest BCUT2D eigenvalue weighted by molar-refractivity contribution is -0.117. The van der Waals surface area contributed by atoms with Gasteiger partial charge in [0.25, 0.3) is 5.91 Å². The van der Waals surface area contributed by atoms with Crippen LogP contribution >= 0.6 is 22.7 Å². The molecule has 148 valence electrons. The Kier molecular flexibility index (Phi) is 4.97. The predicted octanol–water partition coefficient (Wildman–Crippen LogP) is 4.61. The number of anilines is 1. The summed E-state index contributed by atoms with van der Waals surface area (Å²) in [5, 5.41) is 13.0. The average Bonchev–Trinajstić information content (AvgIpc) is 3.42. The first-order chi connectivity index (χ1) is 13.9. The number of aliphatic hydroxyl groups is 1. The molecular weight excluding hydrogens is 408 g/mol. The molecule has 1 amide bonds. The van der Waals surface area contributed by atoms with Gasteiger partial charge in [-0.1, -0.05) is 24.3 Å². The van der Waals surface area contributed by atoms with Crippen molar-refractivity contribution < 1.29 is 19.4 Å². The number of ketones is 1. The van der Waals surface area contributed by atoms with Crippen molar-refractivity contribution in [1.29, 1.82) is 0 Å². The number of ether oxygens (including phenoxy) is 1. The molecular formula is C21H18N2O4S2. The number of aromatic nitrogens is 1. The van der Waals surface area contributed by atoms with Crippen molar-refractivity contribution in [2.24, 2.45) is 0 Å². The SMILES string of the molecule is COc1ccccc1[C@H]1C(C(=O)c2cccs2)=C(O)C(=O)N1c1nc(C)c(C)s1. The highest BCUT2D eigenvalue weighted by Gasteiger charge is 2.47. The Hall–Kier alpha value is -2.97. The van der Waals surface area contributed by atoms with E-state index in [0.717, 1.165) is 10.6 Å². The highest BCUT2D eigenvalue weighted by molar-refractivity contribution is 7.16. The van der Waals surface area contributed by atoms with Gasteiger partial charge < -0.3 is 9.84 Å². The van der Waals surface area contributed by atoms with Crippen LogP contribution in [0.1, 0.15) is 31.8 Å². The van der Waals surface area contributed by atoms with Crippen LogP contribution in [0.4, 0.5) is 5.13 Å². The summed E-state index contributed by atoms with van der Waals surface area (Å²) in [7, 11) is 1.53. The maximum absolute atomic E-state index is 13.3. The van der Waals surface area contributed by atoms with E-state index >= 15 is 0 Å². The third-order valence-corrected chi connectivity index (χ3v) is 6.80. The van der Waals surface area contributed by atoms with Gasteiger partial charge in [-0.25, -0.2) is 4.98 Å². The van der Waals surface area contributed by atoms with Crippen LogP contribution in [0.5, 0.6) is 5.75 Å². The maximum atomic E-state index is 13.3. The Morgan fingerprint density at radius 1 is 1.21 bits per heavy atom. The number of nitrogens with zero attached hydrogens (tertiary/aromatic N) is 2. The van der Waals surface area contributed by atoms with E-state index in [-0.39, 0.29) is 11.4 Å². The fourth-order valence-electron chi connectivity index (χ4n) is 3.32. The number of carbonyl (C=O) groups is 2. The van der Waals surface area contributed by atoms with Gasteiger partial charge in [0.05, 0.1) is 23.3 Å². The number of benzene rings is 1. The molecule has 1 aliphatic heterocycles. The fraction of sp³-hybridized carbons (Fsp3) is 0.190. The lowest BCUT2D eigenvalue weighted by Crippen LogP contribution is -2.31. The van der Waals surface area contributed by atoms with Crippen LogP contribution in [-0.2, 0) is 4.79 Å². The van der Waals surface area contributed by atoms with Crippen LogP contribution in [0.3, 0.4) is 0 Å². The van der Waals surface area contributed by atoms with Crippen molar-refractivity contribution in [2.45, 2.75) is 19.9 Å². The first-order valence-corrected chi connectivity index (χ1v) is 10.6. The van der Waals surface area contributed by atoms with Crippen molar-refractivity contribution in [3.63, 3.8) is 0 Å². The standard InChI is InChI=1S/C21H18N2O4S2/c1-11-12(2)29-21(22-11)23-17(13-7-4-5-8-14(13)27-3)16(19(25)20(23)26)18(24)15-9-6-10-28-15/h4-10,17,25H,1-3H3/t17-/m0/s1. The highest BCUT2D eigenvalue weighted by atomic mass is 32.1. The number of methoxy groups -OCH3 is 1. The molecule has 0 aliphatic carbocycles. The minimum absolute atomic E-state index is 0.0347. The van der Waals surface area contributed by atoms with Crippen LogP contribution in [0.25, 0.3) is 0 Å². The van der Waals surface area contributed by atoms with Gasteiger partial charge in [0.2, 0.25) is 5.78 Å². The fourth-order valence-corrected chi connectivity index (χ4v) is 4.93. The molecule has 1 atom stereocenters. The summed E-state index contributed by atoms with van der Waals surface area (Å²) in [6, 6.07) is 9.77. The molecule has 0 saturated heterocycles. The molecule has 6 nitrogen and oxygen atoms in total. The molecule has 1 N–H and O–H groups in total. The number of hydrogen-bond acceptors (Lipinski definition) is 7. The molecule has 0 radical (unpaired) electrons. The number of thiazole rings is 1. The molecule has 0 fully saturated rings. The van der Waals surface area contributed by atoms with E-state index in [1.807, 2.05) is 26.0 Å². The minimum Gasteiger partial charge on any atom is -0.503 e. The zero-order valence-corrected chi connectivity index (χ0v) is 17.6. The summed E-state index contributed by atoms with van der Waals surface area (Å²) in [6.45, 7) is 3.78.